The minimum Gasteiger partial charge on any atom is -0.488 e. The van der Waals surface area contributed by atoms with Crippen LogP contribution in [0.5, 0.6) is 5.75 Å². The van der Waals surface area contributed by atoms with Crippen LogP contribution in [-0.4, -0.2) is 60.5 Å². The number of anilines is 2. The van der Waals surface area contributed by atoms with Gasteiger partial charge < -0.3 is 10.1 Å². The molecule has 9 nitrogen and oxygen atoms in total. The summed E-state index contributed by atoms with van der Waals surface area (Å²) in [5, 5.41) is 12.3. The summed E-state index contributed by atoms with van der Waals surface area (Å²) in [6.45, 7) is 5.64. The topological polar surface area (TPSA) is 85.4 Å². The Balaban J connectivity index is 1.41. The van der Waals surface area contributed by atoms with E-state index < -0.39 is 0 Å². The van der Waals surface area contributed by atoms with E-state index in [1.54, 1.807) is 6.20 Å². The van der Waals surface area contributed by atoms with E-state index in [0.717, 1.165) is 52.2 Å². The van der Waals surface area contributed by atoms with Gasteiger partial charge in [-0.3, -0.25) is 9.58 Å². The number of aromatic nitrogens is 6. The lowest BCUT2D eigenvalue weighted by Crippen LogP contribution is -2.48. The highest BCUT2D eigenvalue weighted by Crippen LogP contribution is 2.31. The van der Waals surface area contributed by atoms with Gasteiger partial charge in [-0.05, 0) is 46.0 Å². The number of ether oxygens (including phenoxy) is 1. The van der Waals surface area contributed by atoms with Crippen LogP contribution in [0, 0.1) is 13.8 Å². The first-order chi connectivity index (χ1) is 15.0. The Labute approximate surface area is 180 Å². The van der Waals surface area contributed by atoms with E-state index in [1.807, 2.05) is 54.5 Å². The van der Waals surface area contributed by atoms with E-state index in [0.29, 0.717) is 12.6 Å². The molecule has 9 heteroatoms. The number of pyridine rings is 1. The van der Waals surface area contributed by atoms with Gasteiger partial charge in [-0.15, -0.1) is 0 Å². The number of likely N-dealkylation sites (N-methyl/N-ethyl adjacent to an activating group) is 1. The van der Waals surface area contributed by atoms with E-state index in [-0.39, 0.29) is 0 Å². The van der Waals surface area contributed by atoms with E-state index >= 15 is 0 Å². The summed E-state index contributed by atoms with van der Waals surface area (Å²) >= 11 is 0. The number of aryl methyl sites for hydroxylation is 3. The lowest BCUT2D eigenvalue weighted by atomic mass is 10.1. The average molecular weight is 419 g/mol. The van der Waals surface area contributed by atoms with Crippen molar-refractivity contribution in [2.75, 3.05) is 25.5 Å². The maximum Gasteiger partial charge on any atom is 0.165 e. The van der Waals surface area contributed by atoms with Gasteiger partial charge in [-0.1, -0.05) is 0 Å². The third kappa shape index (κ3) is 3.84. The Kier molecular flexibility index (Phi) is 4.82. The average Bonchev–Trinajstić information content (AvgIpc) is 3.28. The van der Waals surface area contributed by atoms with Gasteiger partial charge in [0.25, 0.3) is 0 Å². The van der Waals surface area contributed by atoms with Crippen molar-refractivity contribution in [3.05, 3.63) is 48.2 Å². The fourth-order valence-corrected chi connectivity index (χ4v) is 3.93. The molecule has 1 aliphatic heterocycles. The van der Waals surface area contributed by atoms with Crippen LogP contribution in [0.3, 0.4) is 0 Å². The van der Waals surface area contributed by atoms with Gasteiger partial charge in [0.15, 0.2) is 11.6 Å². The highest BCUT2D eigenvalue weighted by atomic mass is 16.5. The van der Waals surface area contributed by atoms with Crippen molar-refractivity contribution in [2.45, 2.75) is 26.3 Å². The Bertz CT molecular complexity index is 1220. The molecule has 0 saturated carbocycles. The van der Waals surface area contributed by atoms with Crippen LogP contribution in [0.25, 0.3) is 16.8 Å². The van der Waals surface area contributed by atoms with Gasteiger partial charge in [0.1, 0.15) is 23.9 Å². The normalized spacial score (nSPS) is 16.5. The van der Waals surface area contributed by atoms with Crippen molar-refractivity contribution >= 4 is 17.2 Å². The maximum absolute atomic E-state index is 6.13. The minimum absolute atomic E-state index is 0.480. The molecule has 31 heavy (non-hydrogen) atoms. The van der Waals surface area contributed by atoms with Crippen molar-refractivity contribution < 1.29 is 4.74 Å². The van der Waals surface area contributed by atoms with Crippen LogP contribution in [0.4, 0.5) is 11.6 Å². The van der Waals surface area contributed by atoms with Crippen LogP contribution in [-0.2, 0) is 7.05 Å². The molecule has 0 aromatic carbocycles. The molecule has 5 rings (SSSR count). The van der Waals surface area contributed by atoms with E-state index in [2.05, 4.69) is 43.5 Å². The zero-order valence-electron chi connectivity index (χ0n) is 18.2. The Morgan fingerprint density at radius 2 is 2.00 bits per heavy atom. The Morgan fingerprint density at radius 1 is 1.13 bits per heavy atom. The minimum atomic E-state index is 0.480. The number of nitrogens with one attached hydrogen (secondary N) is 1. The van der Waals surface area contributed by atoms with E-state index in [4.69, 9.17) is 4.74 Å². The zero-order valence-corrected chi connectivity index (χ0v) is 18.2. The molecule has 1 atom stereocenters. The summed E-state index contributed by atoms with van der Waals surface area (Å²) in [4.78, 5) is 11.1. The monoisotopic (exact) mass is 418 g/mol. The van der Waals surface area contributed by atoms with E-state index in [1.165, 1.54) is 6.42 Å². The van der Waals surface area contributed by atoms with Crippen LogP contribution in [0.1, 0.15) is 17.9 Å². The van der Waals surface area contributed by atoms with Crippen LogP contribution >= 0.6 is 0 Å². The highest BCUT2D eigenvalue weighted by molar-refractivity contribution is 5.72. The SMILES string of the molecule is Cc1cc(Nc2cc3cc(-c4c(OC[C@@H]5CCN5C)cnn4C)ccn3n2)nc(C)n1. The van der Waals surface area contributed by atoms with Crippen molar-refractivity contribution in [3.63, 3.8) is 0 Å². The molecule has 1 aliphatic rings. The number of hydrogen-bond acceptors (Lipinski definition) is 7. The smallest absolute Gasteiger partial charge is 0.165 e. The fraction of sp³-hybridized carbons (Fsp3) is 0.364. The molecule has 0 bridgehead atoms. The fourth-order valence-electron chi connectivity index (χ4n) is 3.93. The molecule has 0 aliphatic carbocycles. The molecule has 0 radical (unpaired) electrons. The van der Waals surface area contributed by atoms with Crippen molar-refractivity contribution in [1.29, 1.82) is 0 Å². The predicted molar refractivity (Wildman–Crippen MR) is 119 cm³/mol. The third-order valence-electron chi connectivity index (χ3n) is 5.73. The second kappa shape index (κ2) is 7.66. The molecule has 0 spiro atoms. The summed E-state index contributed by atoms with van der Waals surface area (Å²) in [5.74, 6) is 2.99. The number of likely N-dealkylation sites (tertiary alicyclic amines) is 1. The summed E-state index contributed by atoms with van der Waals surface area (Å²) in [7, 11) is 4.07. The predicted octanol–water partition coefficient (Wildman–Crippen LogP) is 2.97. The second-order valence-electron chi connectivity index (χ2n) is 8.10. The molecule has 1 fully saturated rings. The van der Waals surface area contributed by atoms with Gasteiger partial charge in [-0.25, -0.2) is 14.5 Å². The molecule has 4 aromatic rings. The molecular weight excluding hydrogens is 392 g/mol. The van der Waals surface area contributed by atoms with Crippen molar-refractivity contribution in [3.8, 4) is 17.0 Å². The number of nitrogens with zero attached hydrogens (tertiary/aromatic N) is 7. The Morgan fingerprint density at radius 3 is 2.74 bits per heavy atom. The molecule has 1 N–H and O–H groups in total. The number of rotatable bonds is 6. The summed E-state index contributed by atoms with van der Waals surface area (Å²) in [6, 6.07) is 8.50. The molecule has 1 saturated heterocycles. The molecule has 0 amide bonds. The van der Waals surface area contributed by atoms with Crippen LogP contribution in [0.2, 0.25) is 0 Å². The number of fused-ring (bicyclic) bond motifs is 1. The third-order valence-corrected chi connectivity index (χ3v) is 5.73. The first-order valence-electron chi connectivity index (χ1n) is 10.4. The number of hydrogen-bond donors (Lipinski definition) is 1. The first-order valence-corrected chi connectivity index (χ1v) is 10.4. The summed E-state index contributed by atoms with van der Waals surface area (Å²) in [6.07, 6.45) is 4.92. The van der Waals surface area contributed by atoms with Gasteiger partial charge >= 0.3 is 0 Å². The molecule has 4 aromatic heterocycles. The second-order valence-corrected chi connectivity index (χ2v) is 8.10. The van der Waals surface area contributed by atoms with Crippen LogP contribution in [0.15, 0.2) is 36.7 Å². The largest absolute Gasteiger partial charge is 0.488 e. The first kappa shape index (κ1) is 19.5. The van der Waals surface area contributed by atoms with E-state index in [9.17, 15) is 0 Å². The maximum atomic E-state index is 6.13. The lowest BCUT2D eigenvalue weighted by Gasteiger charge is -2.37. The molecule has 0 unspecified atom stereocenters. The van der Waals surface area contributed by atoms with Crippen LogP contribution < -0.4 is 10.1 Å². The zero-order chi connectivity index (χ0) is 21.5. The Hall–Kier alpha value is -3.46. The van der Waals surface area contributed by atoms with Gasteiger partial charge in [0.05, 0.1) is 11.7 Å². The lowest BCUT2D eigenvalue weighted by molar-refractivity contribution is 0.0771. The molecule has 160 valence electrons. The van der Waals surface area contributed by atoms with Crippen molar-refractivity contribution in [1.82, 2.24) is 34.3 Å². The van der Waals surface area contributed by atoms with Crippen molar-refractivity contribution in [2.24, 2.45) is 7.05 Å². The highest BCUT2D eigenvalue weighted by Gasteiger charge is 2.25. The van der Waals surface area contributed by atoms with Gasteiger partial charge in [0.2, 0.25) is 0 Å². The van der Waals surface area contributed by atoms with Gasteiger partial charge in [-0.2, -0.15) is 10.2 Å². The standard InChI is InChI=1S/C22H26N8O/c1-14-9-20(25-15(2)24-14)26-21-11-18-10-16(5-8-30(18)27-21)22-19(12-23-29(22)4)31-13-17-6-7-28(17)3/h5,8-12,17H,6-7,13H2,1-4H3,(H,24,25,26,27)/t17-/m0/s1. The quantitative estimate of drug-likeness (QED) is 0.515. The summed E-state index contributed by atoms with van der Waals surface area (Å²) < 4.78 is 9.83. The van der Waals surface area contributed by atoms with Gasteiger partial charge in [0, 0.05) is 42.7 Å². The molecule has 5 heterocycles. The summed E-state index contributed by atoms with van der Waals surface area (Å²) in [5.41, 5.74) is 3.87. The molecular formula is C22H26N8O.